The van der Waals surface area contributed by atoms with E-state index in [2.05, 4.69) is 0 Å². The first-order chi connectivity index (χ1) is 13.9. The molecule has 1 aliphatic heterocycles. The normalized spacial score (nSPS) is 19.0. The van der Waals surface area contributed by atoms with Gasteiger partial charge in [-0.05, 0) is 65.6 Å². The van der Waals surface area contributed by atoms with Crippen LogP contribution in [-0.2, 0) is 19.1 Å². The maximum Gasteiger partial charge on any atom is 0.319 e. The van der Waals surface area contributed by atoms with Crippen LogP contribution in [0.1, 0.15) is 65.0 Å². The van der Waals surface area contributed by atoms with Gasteiger partial charge in [-0.15, -0.1) is 0 Å². The number of ketones is 1. The fourth-order valence-corrected chi connectivity index (χ4v) is 3.79. The summed E-state index contributed by atoms with van der Waals surface area (Å²) in [5.41, 5.74) is 10.4. The van der Waals surface area contributed by atoms with Crippen LogP contribution in [0.5, 0.6) is 0 Å². The van der Waals surface area contributed by atoms with Gasteiger partial charge in [-0.2, -0.15) is 0 Å². The SMILES string of the molecule is CC(C)(C)OC(=O)C(C)(CC(C(N)=O)N1CCCC1)C(=O)CC(N)c1ccccc1. The molecule has 0 spiro atoms. The maximum absolute atomic E-state index is 13.4. The molecule has 0 saturated carbocycles. The molecule has 3 atom stereocenters. The molecule has 1 heterocycles. The Hall–Kier alpha value is -2.25. The fraction of sp³-hybridized carbons (Fsp3) is 0.609. The minimum absolute atomic E-state index is 0.0163. The van der Waals surface area contributed by atoms with Gasteiger partial charge in [-0.25, -0.2) is 0 Å². The summed E-state index contributed by atoms with van der Waals surface area (Å²) in [6.07, 6.45) is 1.86. The Balaban J connectivity index is 2.30. The van der Waals surface area contributed by atoms with Gasteiger partial charge in [0.05, 0.1) is 6.04 Å². The third kappa shape index (κ3) is 6.12. The summed E-state index contributed by atoms with van der Waals surface area (Å²) >= 11 is 0. The van der Waals surface area contributed by atoms with Crippen molar-refractivity contribution in [1.82, 2.24) is 4.90 Å². The van der Waals surface area contributed by atoms with Crippen molar-refractivity contribution >= 4 is 17.7 Å². The van der Waals surface area contributed by atoms with Crippen molar-refractivity contribution in [2.24, 2.45) is 16.9 Å². The van der Waals surface area contributed by atoms with E-state index >= 15 is 0 Å². The maximum atomic E-state index is 13.4. The predicted octanol–water partition coefficient (Wildman–Crippen LogP) is 2.33. The average Bonchev–Trinajstić information content (AvgIpc) is 3.19. The number of nitrogens with zero attached hydrogens (tertiary/aromatic N) is 1. The monoisotopic (exact) mass is 417 g/mol. The van der Waals surface area contributed by atoms with E-state index in [-0.39, 0.29) is 18.6 Å². The van der Waals surface area contributed by atoms with E-state index in [0.717, 1.165) is 31.5 Å². The highest BCUT2D eigenvalue weighted by Crippen LogP contribution is 2.34. The standard InChI is InChI=1S/C23H35N3O4/c1-22(2,3)30-21(29)23(4,15-18(20(25)28)26-12-8-9-13-26)19(27)14-17(24)16-10-6-5-7-11-16/h5-7,10-11,17-18H,8-9,12-15,24H2,1-4H3,(H2,25,28). The second-order valence-corrected chi connectivity index (χ2v) is 9.34. The number of hydrogen-bond acceptors (Lipinski definition) is 6. The molecule has 0 aromatic heterocycles. The number of nitrogens with two attached hydrogens (primary N) is 2. The van der Waals surface area contributed by atoms with Crippen molar-refractivity contribution < 1.29 is 19.1 Å². The van der Waals surface area contributed by atoms with Crippen LogP contribution in [0.15, 0.2) is 30.3 Å². The smallest absolute Gasteiger partial charge is 0.319 e. The molecule has 0 radical (unpaired) electrons. The molecule has 1 saturated heterocycles. The Labute approximate surface area is 179 Å². The summed E-state index contributed by atoms with van der Waals surface area (Å²) in [4.78, 5) is 40.7. The highest BCUT2D eigenvalue weighted by atomic mass is 16.6. The lowest BCUT2D eigenvalue weighted by atomic mass is 9.76. The molecule has 3 unspecified atom stereocenters. The van der Waals surface area contributed by atoms with Crippen molar-refractivity contribution in [2.45, 2.75) is 71.1 Å². The van der Waals surface area contributed by atoms with Crippen LogP contribution in [0, 0.1) is 5.41 Å². The number of ether oxygens (including phenoxy) is 1. The first kappa shape index (κ1) is 24.0. The summed E-state index contributed by atoms with van der Waals surface area (Å²) in [5, 5.41) is 0. The Kier molecular flexibility index (Phi) is 7.77. The van der Waals surface area contributed by atoms with Gasteiger partial charge in [0, 0.05) is 12.5 Å². The van der Waals surface area contributed by atoms with Crippen LogP contribution in [-0.4, -0.2) is 47.3 Å². The van der Waals surface area contributed by atoms with Crippen LogP contribution < -0.4 is 11.5 Å². The molecular formula is C23H35N3O4. The quantitative estimate of drug-likeness (QED) is 0.471. The Morgan fingerprint density at radius 3 is 2.13 bits per heavy atom. The van der Waals surface area contributed by atoms with Gasteiger partial charge in [-0.3, -0.25) is 19.3 Å². The minimum Gasteiger partial charge on any atom is -0.459 e. The van der Waals surface area contributed by atoms with Gasteiger partial charge >= 0.3 is 5.97 Å². The first-order valence-electron chi connectivity index (χ1n) is 10.5. The molecule has 30 heavy (non-hydrogen) atoms. The molecule has 1 aromatic carbocycles. The van der Waals surface area contributed by atoms with Gasteiger partial charge in [0.2, 0.25) is 5.91 Å². The molecule has 2 rings (SSSR count). The highest BCUT2D eigenvalue weighted by Gasteiger charge is 2.47. The summed E-state index contributed by atoms with van der Waals surface area (Å²) in [7, 11) is 0. The molecular weight excluding hydrogens is 382 g/mol. The number of hydrogen-bond donors (Lipinski definition) is 2. The van der Waals surface area contributed by atoms with Crippen molar-refractivity contribution in [3.8, 4) is 0 Å². The molecule has 1 aliphatic rings. The van der Waals surface area contributed by atoms with Gasteiger partial charge in [-0.1, -0.05) is 30.3 Å². The van der Waals surface area contributed by atoms with Crippen molar-refractivity contribution in [1.29, 1.82) is 0 Å². The molecule has 1 aromatic rings. The molecule has 166 valence electrons. The number of rotatable bonds is 9. The third-order valence-corrected chi connectivity index (χ3v) is 5.61. The van der Waals surface area contributed by atoms with E-state index in [1.165, 1.54) is 0 Å². The highest BCUT2D eigenvalue weighted by molar-refractivity contribution is 6.04. The van der Waals surface area contributed by atoms with E-state index in [1.54, 1.807) is 27.7 Å². The number of amides is 1. The van der Waals surface area contributed by atoms with Gasteiger partial charge in [0.25, 0.3) is 0 Å². The number of carbonyl (C=O) groups excluding carboxylic acids is 3. The largest absolute Gasteiger partial charge is 0.459 e. The molecule has 0 bridgehead atoms. The minimum atomic E-state index is -1.53. The zero-order valence-corrected chi connectivity index (χ0v) is 18.5. The lowest BCUT2D eigenvalue weighted by molar-refractivity contribution is -0.171. The molecule has 7 heteroatoms. The van der Waals surface area contributed by atoms with E-state index < -0.39 is 35.0 Å². The Morgan fingerprint density at radius 1 is 1.07 bits per heavy atom. The number of likely N-dealkylation sites (tertiary alicyclic amines) is 1. The van der Waals surface area contributed by atoms with Crippen LogP contribution in [0.3, 0.4) is 0 Å². The summed E-state index contributed by atoms with van der Waals surface area (Å²) in [6, 6.07) is 8.00. The molecule has 7 nitrogen and oxygen atoms in total. The Bertz CT molecular complexity index is 753. The topological polar surface area (TPSA) is 116 Å². The van der Waals surface area contributed by atoms with Crippen molar-refractivity contribution in [2.75, 3.05) is 13.1 Å². The average molecular weight is 418 g/mol. The number of primary amides is 1. The summed E-state index contributed by atoms with van der Waals surface area (Å²) < 4.78 is 5.58. The summed E-state index contributed by atoms with van der Waals surface area (Å²) in [5.74, 6) is -1.53. The number of carbonyl (C=O) groups is 3. The predicted molar refractivity (Wildman–Crippen MR) is 115 cm³/mol. The molecule has 0 aliphatic carbocycles. The van der Waals surface area contributed by atoms with E-state index in [4.69, 9.17) is 16.2 Å². The zero-order valence-electron chi connectivity index (χ0n) is 18.5. The fourth-order valence-electron chi connectivity index (χ4n) is 3.79. The van der Waals surface area contributed by atoms with Crippen LogP contribution in [0.2, 0.25) is 0 Å². The van der Waals surface area contributed by atoms with Crippen LogP contribution in [0.25, 0.3) is 0 Å². The first-order valence-corrected chi connectivity index (χ1v) is 10.5. The number of benzene rings is 1. The molecule has 4 N–H and O–H groups in total. The van der Waals surface area contributed by atoms with Gasteiger partial charge in [0.15, 0.2) is 5.78 Å². The lowest BCUT2D eigenvalue weighted by Crippen LogP contribution is -2.51. The van der Waals surface area contributed by atoms with Crippen LogP contribution >= 0.6 is 0 Å². The molecule has 1 amide bonds. The zero-order chi connectivity index (χ0) is 22.5. The third-order valence-electron chi connectivity index (χ3n) is 5.61. The van der Waals surface area contributed by atoms with E-state index in [9.17, 15) is 14.4 Å². The number of esters is 1. The summed E-state index contributed by atoms with van der Waals surface area (Å²) in [6.45, 7) is 8.23. The van der Waals surface area contributed by atoms with Gasteiger partial charge < -0.3 is 16.2 Å². The van der Waals surface area contributed by atoms with Crippen molar-refractivity contribution in [3.05, 3.63) is 35.9 Å². The Morgan fingerprint density at radius 2 is 1.63 bits per heavy atom. The van der Waals surface area contributed by atoms with E-state index in [1.807, 2.05) is 35.2 Å². The van der Waals surface area contributed by atoms with Crippen LogP contribution in [0.4, 0.5) is 0 Å². The molecule has 1 fully saturated rings. The van der Waals surface area contributed by atoms with E-state index in [0.29, 0.717) is 0 Å². The number of Topliss-reactive ketones (excluding diaryl/α,β-unsaturated/α-hetero) is 1. The van der Waals surface area contributed by atoms with Crippen molar-refractivity contribution in [3.63, 3.8) is 0 Å². The second-order valence-electron chi connectivity index (χ2n) is 9.34. The lowest BCUT2D eigenvalue weighted by Gasteiger charge is -2.35. The second kappa shape index (κ2) is 9.71. The van der Waals surface area contributed by atoms with Gasteiger partial charge in [0.1, 0.15) is 11.0 Å².